The summed E-state index contributed by atoms with van der Waals surface area (Å²) in [6.07, 6.45) is 6.44. The molecule has 1 fully saturated rings. The van der Waals surface area contributed by atoms with Crippen LogP contribution in [-0.4, -0.2) is 40.0 Å². The molecule has 6 heteroatoms. The predicted octanol–water partition coefficient (Wildman–Crippen LogP) is 3.91. The van der Waals surface area contributed by atoms with Crippen LogP contribution in [0.1, 0.15) is 27.9 Å². The summed E-state index contributed by atoms with van der Waals surface area (Å²) < 4.78 is 19.7. The molecule has 0 saturated carbocycles. The maximum atomic E-state index is 13.5. The van der Waals surface area contributed by atoms with Gasteiger partial charge in [0.05, 0.1) is 12.7 Å². The lowest BCUT2D eigenvalue weighted by Gasteiger charge is -2.38. The fraction of sp³-hybridized carbons (Fsp3) is 0.292. The second kappa shape index (κ2) is 9.59. The van der Waals surface area contributed by atoms with Gasteiger partial charge in [0.15, 0.2) is 0 Å². The normalized spacial score (nSPS) is 18.9. The Balaban J connectivity index is 1.48. The number of carbonyl (C=O) groups excluding carboxylic acids is 1. The number of halogens is 1. The van der Waals surface area contributed by atoms with E-state index < -0.39 is 5.95 Å². The number of rotatable bonds is 6. The van der Waals surface area contributed by atoms with Gasteiger partial charge in [0.25, 0.3) is 5.91 Å². The van der Waals surface area contributed by atoms with E-state index >= 15 is 0 Å². The molecule has 3 aromatic rings. The van der Waals surface area contributed by atoms with E-state index in [4.69, 9.17) is 4.74 Å². The monoisotopic (exact) mass is 405 g/mol. The number of ether oxygens (including phenoxy) is 1. The fourth-order valence-corrected chi connectivity index (χ4v) is 3.93. The molecule has 1 amide bonds. The van der Waals surface area contributed by atoms with Crippen molar-refractivity contribution in [3.8, 4) is 0 Å². The van der Waals surface area contributed by atoms with Gasteiger partial charge in [0.1, 0.15) is 0 Å². The van der Waals surface area contributed by atoms with Crippen LogP contribution in [0.4, 0.5) is 4.39 Å². The summed E-state index contributed by atoms with van der Waals surface area (Å²) in [6.45, 7) is 1.66. The number of nitrogens with zero attached hydrogens (tertiary/aromatic N) is 3. The number of carbonyl (C=O) groups is 1. The second-order valence-corrected chi connectivity index (χ2v) is 7.56. The number of aromatic nitrogens is 2. The Kier molecular flexibility index (Phi) is 6.44. The highest BCUT2D eigenvalue weighted by molar-refractivity contribution is 5.94. The smallest absolute Gasteiger partial charge is 0.254 e. The van der Waals surface area contributed by atoms with E-state index in [2.05, 4.69) is 22.1 Å². The molecule has 0 bridgehead atoms. The van der Waals surface area contributed by atoms with Crippen LogP contribution in [0.15, 0.2) is 73.2 Å². The van der Waals surface area contributed by atoms with Gasteiger partial charge in [0, 0.05) is 49.2 Å². The quantitative estimate of drug-likeness (QED) is 0.584. The van der Waals surface area contributed by atoms with Gasteiger partial charge in [-0.05, 0) is 42.2 Å². The fourth-order valence-electron chi connectivity index (χ4n) is 3.93. The number of likely N-dealkylation sites (tertiary alicyclic amines) is 1. The molecule has 0 N–H and O–H groups in total. The molecule has 1 aromatic carbocycles. The lowest BCUT2D eigenvalue weighted by Crippen LogP contribution is -2.47. The molecule has 1 aliphatic rings. The van der Waals surface area contributed by atoms with Crippen LogP contribution >= 0.6 is 0 Å². The molecule has 1 saturated heterocycles. The minimum atomic E-state index is -0.641. The third-order valence-electron chi connectivity index (χ3n) is 5.48. The highest BCUT2D eigenvalue weighted by atomic mass is 19.1. The Morgan fingerprint density at radius 2 is 1.87 bits per heavy atom. The van der Waals surface area contributed by atoms with Crippen molar-refractivity contribution in [3.05, 3.63) is 95.8 Å². The molecule has 3 heterocycles. The maximum absolute atomic E-state index is 13.5. The topological polar surface area (TPSA) is 55.3 Å². The average molecular weight is 405 g/mol. The third kappa shape index (κ3) is 5.07. The van der Waals surface area contributed by atoms with Gasteiger partial charge in [0.2, 0.25) is 5.95 Å². The number of amides is 1. The lowest BCUT2D eigenvalue weighted by molar-refractivity contribution is -0.0372. The first kappa shape index (κ1) is 20.2. The standard InChI is InChI=1S/C24H24FN3O2/c25-23-15-20(8-12-27-23)24(29)28-13-9-22(30-17-19-6-10-26-11-7-19)21(16-28)14-18-4-2-1-3-5-18/h1-8,10-12,15,21-22H,9,13-14,16-17H2/t21-,22-/m1/s1. The summed E-state index contributed by atoms with van der Waals surface area (Å²) in [7, 11) is 0. The van der Waals surface area contributed by atoms with E-state index in [0.717, 1.165) is 18.4 Å². The number of hydrogen-bond donors (Lipinski definition) is 0. The molecular weight excluding hydrogens is 381 g/mol. The van der Waals surface area contributed by atoms with Gasteiger partial charge >= 0.3 is 0 Å². The van der Waals surface area contributed by atoms with Crippen molar-refractivity contribution in [1.29, 1.82) is 0 Å². The Hall–Kier alpha value is -3.12. The molecule has 2 atom stereocenters. The van der Waals surface area contributed by atoms with Crippen LogP contribution in [-0.2, 0) is 17.8 Å². The van der Waals surface area contributed by atoms with Gasteiger partial charge in [-0.15, -0.1) is 0 Å². The molecule has 0 aliphatic carbocycles. The summed E-state index contributed by atoms with van der Waals surface area (Å²) >= 11 is 0. The van der Waals surface area contributed by atoms with E-state index in [9.17, 15) is 9.18 Å². The molecule has 2 aromatic heterocycles. The van der Waals surface area contributed by atoms with Crippen LogP contribution < -0.4 is 0 Å². The van der Waals surface area contributed by atoms with Crippen molar-refractivity contribution in [3.63, 3.8) is 0 Å². The zero-order valence-electron chi connectivity index (χ0n) is 16.7. The Bertz CT molecular complexity index is 968. The maximum Gasteiger partial charge on any atom is 0.254 e. The second-order valence-electron chi connectivity index (χ2n) is 7.56. The van der Waals surface area contributed by atoms with Gasteiger partial charge in [-0.1, -0.05) is 30.3 Å². The van der Waals surface area contributed by atoms with Crippen molar-refractivity contribution >= 4 is 5.91 Å². The molecule has 0 radical (unpaired) electrons. The number of hydrogen-bond acceptors (Lipinski definition) is 4. The van der Waals surface area contributed by atoms with Crippen molar-refractivity contribution in [2.45, 2.75) is 25.6 Å². The van der Waals surface area contributed by atoms with E-state index in [1.54, 1.807) is 23.4 Å². The van der Waals surface area contributed by atoms with Crippen molar-refractivity contribution in [2.75, 3.05) is 13.1 Å². The summed E-state index contributed by atoms with van der Waals surface area (Å²) in [5.41, 5.74) is 2.62. The lowest BCUT2D eigenvalue weighted by atomic mass is 9.88. The first-order chi connectivity index (χ1) is 14.7. The highest BCUT2D eigenvalue weighted by Crippen LogP contribution is 2.26. The van der Waals surface area contributed by atoms with Crippen LogP contribution in [0, 0.1) is 11.9 Å². The minimum absolute atomic E-state index is 0.0385. The Labute approximate surface area is 175 Å². The predicted molar refractivity (Wildman–Crippen MR) is 111 cm³/mol. The largest absolute Gasteiger partial charge is 0.373 e. The molecule has 154 valence electrons. The van der Waals surface area contributed by atoms with E-state index in [-0.39, 0.29) is 17.9 Å². The molecule has 4 rings (SSSR count). The Morgan fingerprint density at radius 1 is 1.07 bits per heavy atom. The van der Waals surface area contributed by atoms with E-state index in [1.165, 1.54) is 17.8 Å². The molecule has 1 aliphatic heterocycles. The SMILES string of the molecule is O=C(c1ccnc(F)c1)N1CC[C@@H](OCc2ccncc2)[C@H](Cc2ccccc2)C1. The Morgan fingerprint density at radius 3 is 2.63 bits per heavy atom. The average Bonchev–Trinajstić information content (AvgIpc) is 2.79. The van der Waals surface area contributed by atoms with Crippen LogP contribution in [0.3, 0.4) is 0 Å². The van der Waals surface area contributed by atoms with Gasteiger partial charge in [-0.3, -0.25) is 9.78 Å². The molecule has 5 nitrogen and oxygen atoms in total. The minimum Gasteiger partial charge on any atom is -0.373 e. The zero-order valence-corrected chi connectivity index (χ0v) is 16.7. The van der Waals surface area contributed by atoms with Crippen LogP contribution in [0.25, 0.3) is 0 Å². The first-order valence-corrected chi connectivity index (χ1v) is 10.1. The number of pyridine rings is 2. The number of piperidine rings is 1. The first-order valence-electron chi connectivity index (χ1n) is 10.1. The van der Waals surface area contributed by atoms with Crippen molar-refractivity contribution in [2.24, 2.45) is 5.92 Å². The van der Waals surface area contributed by atoms with Gasteiger partial charge in [-0.25, -0.2) is 4.98 Å². The van der Waals surface area contributed by atoms with E-state index in [0.29, 0.717) is 25.3 Å². The molecule has 0 spiro atoms. The van der Waals surface area contributed by atoms with Gasteiger partial charge in [-0.2, -0.15) is 4.39 Å². The summed E-state index contributed by atoms with van der Waals surface area (Å²) in [4.78, 5) is 22.3. The van der Waals surface area contributed by atoms with Crippen LogP contribution in [0.5, 0.6) is 0 Å². The summed E-state index contributed by atoms with van der Waals surface area (Å²) in [6, 6.07) is 16.9. The van der Waals surface area contributed by atoms with Crippen molar-refractivity contribution in [1.82, 2.24) is 14.9 Å². The molecule has 0 unspecified atom stereocenters. The summed E-state index contributed by atoms with van der Waals surface area (Å²) in [5.74, 6) is -0.655. The summed E-state index contributed by atoms with van der Waals surface area (Å²) in [5, 5.41) is 0. The highest BCUT2D eigenvalue weighted by Gasteiger charge is 2.32. The zero-order chi connectivity index (χ0) is 20.8. The number of benzene rings is 1. The molecular formula is C24H24FN3O2. The van der Waals surface area contributed by atoms with Crippen LogP contribution in [0.2, 0.25) is 0 Å². The third-order valence-corrected chi connectivity index (χ3v) is 5.48. The van der Waals surface area contributed by atoms with Crippen molar-refractivity contribution < 1.29 is 13.9 Å². The van der Waals surface area contributed by atoms with Gasteiger partial charge < -0.3 is 9.64 Å². The van der Waals surface area contributed by atoms with E-state index in [1.807, 2.05) is 30.3 Å². The molecule has 30 heavy (non-hydrogen) atoms.